The van der Waals surface area contributed by atoms with Crippen molar-refractivity contribution in [2.45, 2.75) is 33.3 Å². The molecule has 0 aliphatic rings. The lowest BCUT2D eigenvalue weighted by Crippen LogP contribution is -2.16. The van der Waals surface area contributed by atoms with Gasteiger partial charge in [0.1, 0.15) is 12.3 Å². The minimum absolute atomic E-state index is 0.00726. The summed E-state index contributed by atoms with van der Waals surface area (Å²) in [5.41, 5.74) is 1.24. The number of halogens is 1. The maximum atomic E-state index is 12.2. The summed E-state index contributed by atoms with van der Waals surface area (Å²) >= 11 is 4.87. The number of nitrogens with zero attached hydrogens (tertiary/aromatic N) is 2. The Bertz CT molecular complexity index is 1090. The predicted molar refractivity (Wildman–Crippen MR) is 106 cm³/mol. The van der Waals surface area contributed by atoms with Crippen molar-refractivity contribution < 1.29 is 14.3 Å². The van der Waals surface area contributed by atoms with Crippen molar-refractivity contribution in [2.75, 3.05) is 0 Å². The number of hydrogen-bond acceptors (Lipinski definition) is 6. The number of Topliss-reactive ketones (excluding diaryl/α,β-unsaturated/α-hetero) is 1. The van der Waals surface area contributed by atoms with Crippen LogP contribution in [0.15, 0.2) is 39.7 Å². The Kier molecular flexibility index (Phi) is 5.86. The standard InChI is InChI=1S/C19H17BrN2O4S/c1-11-7-15(12(2)27-11)16(23)4-6-19(25)26-10-14-8-18(24)22-9-13(20)3-5-17(22)21-14/h3,5,7-9H,4,6,10H2,1-2H3. The van der Waals surface area contributed by atoms with E-state index in [1.165, 1.54) is 10.5 Å². The summed E-state index contributed by atoms with van der Waals surface area (Å²) in [6, 6.07) is 6.64. The quantitative estimate of drug-likeness (QED) is 0.422. The fourth-order valence-corrected chi connectivity index (χ4v) is 3.96. The summed E-state index contributed by atoms with van der Waals surface area (Å²) in [4.78, 5) is 42.6. The van der Waals surface area contributed by atoms with E-state index in [1.54, 1.807) is 29.7 Å². The summed E-state index contributed by atoms with van der Waals surface area (Å²) < 4.78 is 7.33. The molecule has 3 aromatic rings. The number of esters is 1. The normalized spacial score (nSPS) is 10.9. The highest BCUT2D eigenvalue weighted by Crippen LogP contribution is 2.22. The molecule has 0 aliphatic carbocycles. The Hall–Kier alpha value is -2.32. The van der Waals surface area contributed by atoms with Crippen LogP contribution in [0.1, 0.15) is 38.6 Å². The van der Waals surface area contributed by atoms with Crippen LogP contribution in [0.4, 0.5) is 0 Å². The van der Waals surface area contributed by atoms with Crippen molar-refractivity contribution in [1.29, 1.82) is 0 Å². The fourth-order valence-electron chi connectivity index (χ4n) is 2.68. The van der Waals surface area contributed by atoms with Gasteiger partial charge in [0, 0.05) is 38.5 Å². The third-order valence-corrected chi connectivity index (χ3v) is 5.39. The molecule has 0 spiro atoms. The number of aromatic nitrogens is 2. The van der Waals surface area contributed by atoms with Gasteiger partial charge in [0.2, 0.25) is 0 Å². The van der Waals surface area contributed by atoms with E-state index in [-0.39, 0.29) is 30.8 Å². The number of fused-ring (bicyclic) bond motifs is 1. The third-order valence-electron chi connectivity index (χ3n) is 3.96. The minimum atomic E-state index is -0.495. The van der Waals surface area contributed by atoms with Crippen LogP contribution in [0.3, 0.4) is 0 Å². The SMILES string of the molecule is Cc1cc(C(=O)CCC(=O)OCc2cc(=O)n3cc(Br)ccc3n2)c(C)s1. The van der Waals surface area contributed by atoms with Gasteiger partial charge in [-0.15, -0.1) is 11.3 Å². The van der Waals surface area contributed by atoms with Gasteiger partial charge in [-0.3, -0.25) is 18.8 Å². The molecule has 3 rings (SSSR count). The Morgan fingerprint density at radius 1 is 1.22 bits per heavy atom. The van der Waals surface area contributed by atoms with E-state index in [9.17, 15) is 14.4 Å². The van der Waals surface area contributed by atoms with Crippen molar-refractivity contribution in [2.24, 2.45) is 0 Å². The molecular weight excluding hydrogens is 432 g/mol. The zero-order chi connectivity index (χ0) is 19.6. The number of thiophene rings is 1. The maximum absolute atomic E-state index is 12.2. The molecule has 140 valence electrons. The highest BCUT2D eigenvalue weighted by Gasteiger charge is 2.15. The first-order valence-electron chi connectivity index (χ1n) is 8.27. The molecule has 6 nitrogen and oxygen atoms in total. The van der Waals surface area contributed by atoms with E-state index >= 15 is 0 Å². The van der Waals surface area contributed by atoms with Crippen LogP contribution in [0.25, 0.3) is 5.65 Å². The van der Waals surface area contributed by atoms with Gasteiger partial charge in [-0.1, -0.05) is 0 Å². The summed E-state index contributed by atoms with van der Waals surface area (Å²) in [5.74, 6) is -0.563. The van der Waals surface area contributed by atoms with Crippen LogP contribution in [0, 0.1) is 13.8 Å². The Balaban J connectivity index is 1.58. The Labute approximate surface area is 167 Å². The lowest BCUT2D eigenvalue weighted by atomic mass is 10.1. The summed E-state index contributed by atoms with van der Waals surface area (Å²) in [7, 11) is 0. The number of carbonyl (C=O) groups excluding carboxylic acids is 2. The molecule has 0 radical (unpaired) electrons. The molecule has 0 N–H and O–H groups in total. The Morgan fingerprint density at radius 2 is 2.00 bits per heavy atom. The number of aryl methyl sites for hydroxylation is 2. The Morgan fingerprint density at radius 3 is 2.70 bits per heavy atom. The van der Waals surface area contributed by atoms with Gasteiger partial charge in [-0.25, -0.2) is 4.98 Å². The molecule has 27 heavy (non-hydrogen) atoms. The average molecular weight is 449 g/mol. The summed E-state index contributed by atoms with van der Waals surface area (Å²) in [6.07, 6.45) is 1.71. The van der Waals surface area contributed by atoms with Crippen molar-refractivity contribution in [3.63, 3.8) is 0 Å². The van der Waals surface area contributed by atoms with Crippen LogP contribution in [0.2, 0.25) is 0 Å². The molecule has 0 saturated heterocycles. The van der Waals surface area contributed by atoms with E-state index < -0.39 is 5.97 Å². The zero-order valence-corrected chi connectivity index (χ0v) is 17.2. The average Bonchev–Trinajstić information content (AvgIpc) is 2.97. The van der Waals surface area contributed by atoms with Crippen LogP contribution < -0.4 is 5.56 Å². The lowest BCUT2D eigenvalue weighted by Gasteiger charge is -2.06. The molecule has 3 heterocycles. The molecular formula is C19H17BrN2O4S. The van der Waals surface area contributed by atoms with Gasteiger partial charge in [0.15, 0.2) is 5.78 Å². The van der Waals surface area contributed by atoms with Crippen LogP contribution in [0.5, 0.6) is 0 Å². The second-order valence-electron chi connectivity index (χ2n) is 6.07. The minimum Gasteiger partial charge on any atom is -0.459 e. The highest BCUT2D eigenvalue weighted by molar-refractivity contribution is 9.10. The molecule has 0 atom stereocenters. The first-order valence-corrected chi connectivity index (χ1v) is 9.88. The monoisotopic (exact) mass is 448 g/mol. The number of carbonyl (C=O) groups is 2. The molecule has 0 saturated carbocycles. The molecule has 0 fully saturated rings. The van der Waals surface area contributed by atoms with E-state index in [2.05, 4.69) is 20.9 Å². The second-order valence-corrected chi connectivity index (χ2v) is 8.45. The second kappa shape index (κ2) is 8.14. The zero-order valence-electron chi connectivity index (χ0n) is 14.8. The maximum Gasteiger partial charge on any atom is 0.306 e. The first kappa shape index (κ1) is 19.4. The molecule has 0 aromatic carbocycles. The smallest absolute Gasteiger partial charge is 0.306 e. The lowest BCUT2D eigenvalue weighted by molar-refractivity contribution is -0.145. The largest absolute Gasteiger partial charge is 0.459 e. The van der Waals surface area contributed by atoms with Gasteiger partial charge in [0.05, 0.1) is 12.1 Å². The molecule has 0 bridgehead atoms. The van der Waals surface area contributed by atoms with E-state index in [0.29, 0.717) is 16.9 Å². The van der Waals surface area contributed by atoms with Crippen LogP contribution in [-0.4, -0.2) is 21.1 Å². The predicted octanol–water partition coefficient (Wildman–Crippen LogP) is 3.84. The van der Waals surface area contributed by atoms with Crippen molar-refractivity contribution >= 4 is 44.7 Å². The van der Waals surface area contributed by atoms with Gasteiger partial charge in [-0.2, -0.15) is 0 Å². The summed E-state index contributed by atoms with van der Waals surface area (Å²) in [5, 5.41) is 0. The van der Waals surface area contributed by atoms with Crippen molar-refractivity contribution in [3.05, 3.63) is 66.3 Å². The number of ether oxygens (including phenoxy) is 1. The molecule has 8 heteroatoms. The number of pyridine rings is 1. The fraction of sp³-hybridized carbons (Fsp3) is 0.263. The van der Waals surface area contributed by atoms with Gasteiger partial charge in [0.25, 0.3) is 5.56 Å². The first-order chi connectivity index (χ1) is 12.8. The van der Waals surface area contributed by atoms with Crippen molar-refractivity contribution in [1.82, 2.24) is 9.38 Å². The van der Waals surface area contributed by atoms with E-state index in [1.807, 2.05) is 19.9 Å². The van der Waals surface area contributed by atoms with E-state index in [0.717, 1.165) is 14.2 Å². The van der Waals surface area contributed by atoms with Crippen LogP contribution in [-0.2, 0) is 16.1 Å². The highest BCUT2D eigenvalue weighted by atomic mass is 79.9. The summed E-state index contributed by atoms with van der Waals surface area (Å²) in [6.45, 7) is 3.73. The van der Waals surface area contributed by atoms with Crippen molar-refractivity contribution in [3.8, 4) is 0 Å². The topological polar surface area (TPSA) is 77.7 Å². The third kappa shape index (κ3) is 4.70. The van der Waals surface area contributed by atoms with Gasteiger partial charge < -0.3 is 4.74 Å². The molecule has 3 aromatic heterocycles. The number of ketones is 1. The number of hydrogen-bond donors (Lipinski definition) is 0. The molecule has 0 unspecified atom stereocenters. The molecule has 0 amide bonds. The van der Waals surface area contributed by atoms with E-state index in [4.69, 9.17) is 4.74 Å². The number of rotatable bonds is 6. The van der Waals surface area contributed by atoms with Gasteiger partial charge in [-0.05, 0) is 48.0 Å². The van der Waals surface area contributed by atoms with Gasteiger partial charge >= 0.3 is 5.97 Å². The molecule has 0 aliphatic heterocycles. The van der Waals surface area contributed by atoms with Crippen LogP contribution >= 0.6 is 27.3 Å².